The number of hydrogen-bond donors (Lipinski definition) is 1. The maximum absolute atomic E-state index is 5.67. The van der Waals surface area contributed by atoms with E-state index in [1.165, 1.54) is 25.7 Å². The normalized spacial score (nSPS) is 17.3. The molecule has 0 atom stereocenters. The quantitative estimate of drug-likeness (QED) is 0.837. The lowest BCUT2D eigenvalue weighted by atomic mass is 10.00. The van der Waals surface area contributed by atoms with Crippen LogP contribution in [0.25, 0.3) is 11.6 Å². The third-order valence-electron chi connectivity index (χ3n) is 3.65. The van der Waals surface area contributed by atoms with Gasteiger partial charge in [0.1, 0.15) is 11.5 Å². The summed E-state index contributed by atoms with van der Waals surface area (Å²) in [6.07, 6.45) is 7.46. The van der Waals surface area contributed by atoms with Gasteiger partial charge in [0, 0.05) is 5.92 Å². The molecule has 0 radical (unpaired) electrons. The van der Waals surface area contributed by atoms with Crippen LogP contribution in [0.15, 0.2) is 22.7 Å². The highest BCUT2D eigenvalue weighted by molar-refractivity contribution is 5.50. The van der Waals surface area contributed by atoms with Crippen molar-refractivity contribution in [2.24, 2.45) is 0 Å². The molecular weight excluding hydrogens is 240 g/mol. The van der Waals surface area contributed by atoms with Crippen LogP contribution < -0.4 is 5.73 Å². The first kappa shape index (κ1) is 12.1. The number of nitrogens with zero attached hydrogens (tertiary/aromatic N) is 3. The first-order valence-corrected chi connectivity index (χ1v) is 6.89. The van der Waals surface area contributed by atoms with Crippen LogP contribution in [0, 0.1) is 0 Å². The summed E-state index contributed by atoms with van der Waals surface area (Å²) in [5.41, 5.74) is 6.31. The van der Waals surface area contributed by atoms with E-state index in [4.69, 9.17) is 10.3 Å². The van der Waals surface area contributed by atoms with E-state index in [2.05, 4.69) is 15.1 Å². The molecule has 100 valence electrons. The number of hydrogen-bond acceptors (Lipinski definition) is 5. The fraction of sp³-hybridized carbons (Fsp3) is 0.500. The highest BCUT2D eigenvalue weighted by Gasteiger charge is 2.20. The minimum atomic E-state index is 0.432. The van der Waals surface area contributed by atoms with Crippen LogP contribution in [-0.2, 0) is 0 Å². The lowest BCUT2D eigenvalue weighted by Gasteiger charge is -2.07. The van der Waals surface area contributed by atoms with Crippen LogP contribution in [0.3, 0.4) is 0 Å². The summed E-state index contributed by atoms with van der Waals surface area (Å²) in [6, 6.07) is 5.42. The van der Waals surface area contributed by atoms with Crippen molar-refractivity contribution in [2.45, 2.75) is 44.4 Å². The number of pyridine rings is 1. The summed E-state index contributed by atoms with van der Waals surface area (Å²) >= 11 is 0. The van der Waals surface area contributed by atoms with Gasteiger partial charge in [-0.3, -0.25) is 0 Å². The van der Waals surface area contributed by atoms with Crippen molar-refractivity contribution < 1.29 is 4.52 Å². The first-order valence-electron chi connectivity index (χ1n) is 6.89. The molecule has 5 nitrogen and oxygen atoms in total. The lowest BCUT2D eigenvalue weighted by molar-refractivity contribution is 0.409. The van der Waals surface area contributed by atoms with Gasteiger partial charge in [0.2, 0.25) is 0 Å². The Morgan fingerprint density at radius 1 is 1.05 bits per heavy atom. The molecule has 1 fully saturated rings. The fourth-order valence-electron chi connectivity index (χ4n) is 2.61. The first-order chi connectivity index (χ1) is 9.33. The monoisotopic (exact) mass is 258 g/mol. The summed E-state index contributed by atoms with van der Waals surface area (Å²) in [4.78, 5) is 8.69. The number of aromatic nitrogens is 3. The zero-order valence-electron chi connectivity index (χ0n) is 10.9. The summed E-state index contributed by atoms with van der Waals surface area (Å²) in [6.45, 7) is 0. The number of rotatable bonds is 2. The minimum absolute atomic E-state index is 0.432. The van der Waals surface area contributed by atoms with Gasteiger partial charge in [0.05, 0.1) is 0 Å². The Hall–Kier alpha value is -1.91. The Morgan fingerprint density at radius 3 is 2.58 bits per heavy atom. The van der Waals surface area contributed by atoms with E-state index in [-0.39, 0.29) is 0 Å². The van der Waals surface area contributed by atoms with Crippen molar-refractivity contribution >= 4 is 5.82 Å². The van der Waals surface area contributed by atoms with Crippen LogP contribution in [0.4, 0.5) is 5.82 Å². The molecule has 1 aliphatic carbocycles. The predicted molar refractivity (Wildman–Crippen MR) is 72.4 cm³/mol. The second kappa shape index (κ2) is 5.38. The van der Waals surface area contributed by atoms with Gasteiger partial charge in [-0.1, -0.05) is 36.9 Å². The standard InChI is InChI=1S/C14H18N4O/c15-12-9-5-8-11(16-12)14-17-13(18-19-14)10-6-3-1-2-4-7-10/h5,8-10H,1-4,6-7H2,(H2,15,16). The van der Waals surface area contributed by atoms with Crippen molar-refractivity contribution in [1.29, 1.82) is 0 Å². The Bertz CT molecular complexity index is 544. The van der Waals surface area contributed by atoms with E-state index in [1.807, 2.05) is 12.1 Å². The Kier molecular flexibility index (Phi) is 3.44. The average molecular weight is 258 g/mol. The maximum atomic E-state index is 5.67. The molecule has 19 heavy (non-hydrogen) atoms. The second-order valence-electron chi connectivity index (χ2n) is 5.09. The predicted octanol–water partition coefficient (Wildman–Crippen LogP) is 3.15. The highest BCUT2D eigenvalue weighted by atomic mass is 16.5. The minimum Gasteiger partial charge on any atom is -0.384 e. The zero-order chi connectivity index (χ0) is 13.1. The number of nitrogens with two attached hydrogens (primary N) is 1. The summed E-state index contributed by atoms with van der Waals surface area (Å²) in [7, 11) is 0. The summed E-state index contributed by atoms with van der Waals surface area (Å²) in [5, 5.41) is 4.12. The van der Waals surface area contributed by atoms with E-state index in [0.717, 1.165) is 18.7 Å². The molecule has 2 aromatic rings. The van der Waals surface area contributed by atoms with E-state index in [9.17, 15) is 0 Å². The molecule has 0 bridgehead atoms. The van der Waals surface area contributed by atoms with Crippen molar-refractivity contribution in [2.75, 3.05) is 5.73 Å². The smallest absolute Gasteiger partial charge is 0.276 e. The molecule has 0 unspecified atom stereocenters. The molecule has 0 saturated heterocycles. The summed E-state index contributed by atoms with van der Waals surface area (Å²) < 4.78 is 5.32. The molecular formula is C14H18N4O. The maximum Gasteiger partial charge on any atom is 0.276 e. The Balaban J connectivity index is 1.82. The molecule has 1 saturated carbocycles. The average Bonchev–Trinajstić information content (AvgIpc) is 2.75. The van der Waals surface area contributed by atoms with Crippen LogP contribution in [-0.4, -0.2) is 15.1 Å². The van der Waals surface area contributed by atoms with Gasteiger partial charge < -0.3 is 10.3 Å². The van der Waals surface area contributed by atoms with Gasteiger partial charge in [-0.05, 0) is 25.0 Å². The molecule has 3 rings (SSSR count). The third-order valence-corrected chi connectivity index (χ3v) is 3.65. The molecule has 0 amide bonds. The molecule has 2 heterocycles. The largest absolute Gasteiger partial charge is 0.384 e. The molecule has 2 aromatic heterocycles. The molecule has 0 aliphatic heterocycles. The van der Waals surface area contributed by atoms with Gasteiger partial charge >= 0.3 is 0 Å². The lowest BCUT2D eigenvalue weighted by Crippen LogP contribution is -1.99. The van der Waals surface area contributed by atoms with E-state index in [1.54, 1.807) is 6.07 Å². The Morgan fingerprint density at radius 2 is 1.84 bits per heavy atom. The van der Waals surface area contributed by atoms with Crippen LogP contribution in [0.1, 0.15) is 50.3 Å². The molecule has 0 spiro atoms. The van der Waals surface area contributed by atoms with Gasteiger partial charge in [0.25, 0.3) is 5.89 Å². The van der Waals surface area contributed by atoms with Gasteiger partial charge in [0.15, 0.2) is 5.82 Å². The van der Waals surface area contributed by atoms with E-state index >= 15 is 0 Å². The van der Waals surface area contributed by atoms with Crippen molar-refractivity contribution in [3.05, 3.63) is 24.0 Å². The van der Waals surface area contributed by atoms with Crippen molar-refractivity contribution in [1.82, 2.24) is 15.1 Å². The fourth-order valence-corrected chi connectivity index (χ4v) is 2.61. The zero-order valence-corrected chi connectivity index (χ0v) is 10.9. The SMILES string of the molecule is Nc1cccc(-c2nc(C3CCCCCC3)no2)n1. The van der Waals surface area contributed by atoms with Gasteiger partial charge in [-0.2, -0.15) is 4.98 Å². The van der Waals surface area contributed by atoms with Crippen molar-refractivity contribution in [3.8, 4) is 11.6 Å². The molecule has 0 aromatic carbocycles. The molecule has 2 N–H and O–H groups in total. The molecule has 1 aliphatic rings. The van der Waals surface area contributed by atoms with E-state index in [0.29, 0.717) is 23.3 Å². The Labute approximate surface area is 112 Å². The van der Waals surface area contributed by atoms with Crippen LogP contribution in [0.2, 0.25) is 0 Å². The third kappa shape index (κ3) is 2.75. The second-order valence-corrected chi connectivity index (χ2v) is 5.09. The topological polar surface area (TPSA) is 77.8 Å². The van der Waals surface area contributed by atoms with Gasteiger partial charge in [-0.25, -0.2) is 4.98 Å². The van der Waals surface area contributed by atoms with Crippen LogP contribution >= 0.6 is 0 Å². The van der Waals surface area contributed by atoms with E-state index < -0.39 is 0 Å². The summed E-state index contributed by atoms with van der Waals surface area (Å²) in [5.74, 6) is 2.18. The molecule has 5 heteroatoms. The number of anilines is 1. The van der Waals surface area contributed by atoms with Gasteiger partial charge in [-0.15, -0.1) is 0 Å². The highest BCUT2D eigenvalue weighted by Crippen LogP contribution is 2.30. The van der Waals surface area contributed by atoms with Crippen molar-refractivity contribution in [3.63, 3.8) is 0 Å². The number of nitrogen functional groups attached to an aromatic ring is 1. The van der Waals surface area contributed by atoms with Crippen LogP contribution in [0.5, 0.6) is 0 Å².